The number of carbonyl (C=O) groups is 2. The van der Waals surface area contributed by atoms with Gasteiger partial charge in [-0.25, -0.2) is 14.6 Å². The number of rotatable bonds is 4. The number of hydrogen-bond donors (Lipinski definition) is 2. The van der Waals surface area contributed by atoms with Gasteiger partial charge in [0, 0.05) is 0 Å². The minimum atomic E-state index is -1.18. The van der Waals surface area contributed by atoms with Crippen LogP contribution in [0, 0.1) is 4.91 Å². The van der Waals surface area contributed by atoms with Gasteiger partial charge in [0.2, 0.25) is 5.00 Å². The highest BCUT2D eigenvalue weighted by Gasteiger charge is 2.21. The molecule has 96 valence electrons. The van der Waals surface area contributed by atoms with Gasteiger partial charge in [0.05, 0.1) is 11.1 Å². The van der Waals surface area contributed by atoms with Crippen LogP contribution in [0.4, 0.5) is 10.1 Å². The Balaban J connectivity index is 2.25. The molecule has 3 N–H and O–H groups in total. The Kier molecular flexibility index (Phi) is 3.62. The van der Waals surface area contributed by atoms with Gasteiger partial charge in [-0.3, -0.25) is 0 Å². The van der Waals surface area contributed by atoms with Gasteiger partial charge in [-0.05, 0) is 28.6 Å². The van der Waals surface area contributed by atoms with Crippen LogP contribution in [0.15, 0.2) is 35.6 Å². The van der Waals surface area contributed by atoms with E-state index in [0.717, 1.165) is 11.3 Å². The van der Waals surface area contributed by atoms with Crippen LogP contribution in [0.5, 0.6) is 0 Å². The smallest absolute Gasteiger partial charge is 0.341 e. The van der Waals surface area contributed by atoms with E-state index in [0.29, 0.717) is 5.13 Å². The van der Waals surface area contributed by atoms with Crippen molar-refractivity contribution in [3.05, 3.63) is 46.5 Å². The lowest BCUT2D eigenvalue weighted by Gasteiger charge is -2.00. The number of nitrogens with zero attached hydrogens (tertiary/aromatic N) is 1. The zero-order valence-corrected chi connectivity index (χ0v) is 10.2. The lowest BCUT2D eigenvalue weighted by Crippen LogP contribution is -2.19. The molecule has 2 rings (SSSR count). The number of aromatic carboxylic acids is 1. The minimum Gasteiger partial charge on any atom is -0.478 e. The number of hydrogen-bond acceptors (Lipinski definition) is 5. The molecule has 1 heterocycles. The third kappa shape index (κ3) is 2.80. The summed E-state index contributed by atoms with van der Waals surface area (Å²) < 4.78 is 0. The Morgan fingerprint density at radius 1 is 1.26 bits per heavy atom. The second-order valence-electron chi connectivity index (χ2n) is 3.45. The Morgan fingerprint density at radius 3 is 2.53 bits per heavy atom. The first-order valence-corrected chi connectivity index (χ1v) is 5.92. The predicted molar refractivity (Wildman–Crippen MR) is 67.7 cm³/mol. The van der Waals surface area contributed by atoms with Gasteiger partial charge in [0.1, 0.15) is 6.20 Å². The predicted octanol–water partition coefficient (Wildman–Crippen LogP) is 1.91. The Labute approximate surface area is 110 Å². The fraction of sp³-hybridized carbons (Fsp3) is 0. The minimum absolute atomic E-state index is 0.0393. The number of aromatic amines is 1. The van der Waals surface area contributed by atoms with Crippen molar-refractivity contribution in [1.82, 2.24) is 0 Å². The average molecular weight is 278 g/mol. The maximum Gasteiger partial charge on any atom is 0.341 e. The van der Waals surface area contributed by atoms with Gasteiger partial charge in [-0.1, -0.05) is 12.1 Å². The molecule has 2 aromatic rings. The summed E-state index contributed by atoms with van der Waals surface area (Å²) in [5, 5.41) is 14.6. The molecule has 0 bridgehead atoms. The molecule has 0 radical (unpaired) electrons. The fourth-order valence-corrected chi connectivity index (χ4v) is 2.06. The van der Waals surface area contributed by atoms with E-state index in [9.17, 15) is 14.5 Å². The summed E-state index contributed by atoms with van der Waals surface area (Å²) >= 11 is 0.956. The van der Waals surface area contributed by atoms with E-state index < -0.39 is 11.9 Å². The number of carbonyl (C=O) groups excluding carboxylic acids is 1. The number of nitrogens with one attached hydrogen (secondary N) is 2. The van der Waals surface area contributed by atoms with E-state index in [4.69, 9.17) is 5.11 Å². The Morgan fingerprint density at radius 2 is 1.95 bits per heavy atom. The molecule has 1 amide bonds. The highest BCUT2D eigenvalue weighted by molar-refractivity contribution is 7.18. The summed E-state index contributed by atoms with van der Waals surface area (Å²) in [6.07, 6.45) is 1.34. The van der Waals surface area contributed by atoms with Crippen LogP contribution >= 0.6 is 11.3 Å². The van der Waals surface area contributed by atoms with Crippen molar-refractivity contribution in [3.8, 4) is 0 Å². The summed E-state index contributed by atoms with van der Waals surface area (Å²) in [7, 11) is 0. The molecule has 1 aromatic carbocycles. The molecule has 19 heavy (non-hydrogen) atoms. The molecule has 1 aromatic heterocycles. The zero-order valence-electron chi connectivity index (χ0n) is 9.41. The molecule has 0 aliphatic heterocycles. The molecular formula is C11H8N3O4S+. The van der Waals surface area contributed by atoms with Gasteiger partial charge in [-0.2, -0.15) is 5.32 Å². The Hall–Kier alpha value is -2.61. The third-order valence-corrected chi connectivity index (χ3v) is 3.08. The van der Waals surface area contributed by atoms with Crippen molar-refractivity contribution >= 4 is 33.3 Å². The van der Waals surface area contributed by atoms with Crippen LogP contribution in [0.1, 0.15) is 20.7 Å². The van der Waals surface area contributed by atoms with Gasteiger partial charge in [-0.15, -0.1) is 4.91 Å². The largest absolute Gasteiger partial charge is 0.478 e. The van der Waals surface area contributed by atoms with Crippen molar-refractivity contribution in [3.63, 3.8) is 0 Å². The van der Waals surface area contributed by atoms with Crippen LogP contribution in [0.25, 0.3) is 0 Å². The van der Waals surface area contributed by atoms with Crippen LogP contribution in [0.2, 0.25) is 0 Å². The monoisotopic (exact) mass is 278 g/mol. The van der Waals surface area contributed by atoms with Gasteiger partial charge >= 0.3 is 17.0 Å². The second-order valence-corrected chi connectivity index (χ2v) is 4.48. The van der Waals surface area contributed by atoms with E-state index in [1.54, 1.807) is 6.07 Å². The highest BCUT2D eigenvalue weighted by Crippen LogP contribution is 2.22. The highest BCUT2D eigenvalue weighted by atomic mass is 32.1. The molecule has 0 fully saturated rings. The van der Waals surface area contributed by atoms with E-state index in [2.05, 4.69) is 15.5 Å². The number of nitroso groups, excluding NO2 is 1. The molecule has 0 aliphatic carbocycles. The summed E-state index contributed by atoms with van der Waals surface area (Å²) in [5.41, 5.74) is -0.0531. The first kappa shape index (κ1) is 12.8. The van der Waals surface area contributed by atoms with Gasteiger partial charge < -0.3 is 5.11 Å². The van der Waals surface area contributed by atoms with Crippen LogP contribution in [-0.4, -0.2) is 17.0 Å². The maximum atomic E-state index is 11.9. The number of aromatic nitrogens is 1. The van der Waals surface area contributed by atoms with E-state index in [1.807, 2.05) is 0 Å². The summed E-state index contributed by atoms with van der Waals surface area (Å²) in [5.74, 6) is -1.76. The number of thiazole rings is 1. The number of benzene rings is 1. The first-order valence-electron chi connectivity index (χ1n) is 5.10. The molecule has 0 aliphatic rings. The van der Waals surface area contributed by atoms with Crippen LogP contribution < -0.4 is 10.3 Å². The number of H-pyrrole nitrogens is 1. The first-order chi connectivity index (χ1) is 9.11. The van der Waals surface area contributed by atoms with Crippen molar-refractivity contribution in [1.29, 1.82) is 0 Å². The van der Waals surface area contributed by atoms with Crippen molar-refractivity contribution in [2.24, 2.45) is 5.18 Å². The topological polar surface area (TPSA) is 110 Å². The number of amides is 1. The number of carboxylic acids is 1. The second kappa shape index (κ2) is 5.36. The van der Waals surface area contributed by atoms with E-state index >= 15 is 0 Å². The molecule has 0 saturated carbocycles. The van der Waals surface area contributed by atoms with Gasteiger partial charge in [0.25, 0.3) is 0 Å². The average Bonchev–Trinajstić information content (AvgIpc) is 2.86. The molecule has 0 spiro atoms. The maximum absolute atomic E-state index is 11.9. The lowest BCUT2D eigenvalue weighted by molar-refractivity contribution is -0.353. The SMILES string of the molecule is O=Nc1c[nH+]c(NC(=O)c2ccccc2C(=O)O)s1. The fourth-order valence-electron chi connectivity index (χ4n) is 1.44. The molecule has 0 unspecified atom stereocenters. The number of anilines is 1. The summed E-state index contributed by atoms with van der Waals surface area (Å²) in [4.78, 5) is 35.8. The zero-order chi connectivity index (χ0) is 13.8. The van der Waals surface area contributed by atoms with Crippen molar-refractivity contribution in [2.45, 2.75) is 0 Å². The summed E-state index contributed by atoms with van der Waals surface area (Å²) in [6, 6.07) is 5.85. The number of carboxylic acid groups (broad SMARTS) is 1. The summed E-state index contributed by atoms with van der Waals surface area (Å²) in [6.45, 7) is 0. The quantitative estimate of drug-likeness (QED) is 0.832. The lowest BCUT2D eigenvalue weighted by atomic mass is 10.1. The van der Waals surface area contributed by atoms with Crippen molar-refractivity contribution < 1.29 is 19.7 Å². The molecule has 8 heteroatoms. The van der Waals surface area contributed by atoms with Crippen LogP contribution in [0.3, 0.4) is 0 Å². The molecular weight excluding hydrogens is 270 g/mol. The van der Waals surface area contributed by atoms with Crippen molar-refractivity contribution in [2.75, 3.05) is 5.32 Å². The Bertz CT molecular complexity index is 653. The van der Waals surface area contributed by atoms with Gasteiger partial charge in [0.15, 0.2) is 0 Å². The standard InChI is InChI=1S/C11H7N3O4S/c15-9(13-11-12-5-8(14-18)19-11)6-3-1-2-4-7(6)10(16)17/h1-5H,(H,16,17)(H,12,13,15)/p+1. The molecule has 0 saturated heterocycles. The van der Waals surface area contributed by atoms with E-state index in [-0.39, 0.29) is 16.1 Å². The normalized spacial score (nSPS) is 9.89. The molecule has 0 atom stereocenters. The van der Waals surface area contributed by atoms with Crippen LogP contribution in [-0.2, 0) is 0 Å². The third-order valence-electron chi connectivity index (χ3n) is 2.25. The molecule has 7 nitrogen and oxygen atoms in total. The van der Waals surface area contributed by atoms with E-state index in [1.165, 1.54) is 24.4 Å².